The van der Waals surface area contributed by atoms with Crippen LogP contribution in [0.5, 0.6) is 0 Å². The fraction of sp³-hybridized carbons (Fsp3) is 0.588. The average Bonchev–Trinajstić information content (AvgIpc) is 2.83. The lowest BCUT2D eigenvalue weighted by Crippen LogP contribution is -2.40. The van der Waals surface area contributed by atoms with Crippen molar-refractivity contribution in [2.24, 2.45) is 0 Å². The molecule has 4 heteroatoms. The Hall–Kier alpha value is -1.13. The smallest absolute Gasteiger partial charge is 0.175 e. The second-order valence-corrected chi connectivity index (χ2v) is 6.59. The number of hydrogen-bond donors (Lipinski definition) is 2. The molecule has 1 unspecified atom stereocenters. The van der Waals surface area contributed by atoms with Crippen LogP contribution in [0.1, 0.15) is 44.2 Å². The quantitative estimate of drug-likeness (QED) is 0.812. The number of benzene rings is 1. The lowest BCUT2D eigenvalue weighted by Gasteiger charge is -2.35. The summed E-state index contributed by atoms with van der Waals surface area (Å²) in [4.78, 5) is 9.17. The molecular weight excluding hydrogens is 278 g/mol. The van der Waals surface area contributed by atoms with Gasteiger partial charge in [-0.2, -0.15) is 0 Å². The molecule has 114 valence electrons. The number of aryl methyl sites for hydroxylation is 1. The minimum Gasteiger partial charge on any atom is -0.331 e. The van der Waals surface area contributed by atoms with Gasteiger partial charge in [-0.15, -0.1) is 0 Å². The first-order valence-electron chi connectivity index (χ1n) is 8.19. The highest BCUT2D eigenvalue weighted by molar-refractivity contribution is 7.71. The minimum atomic E-state index is 0.705. The molecule has 0 amide bonds. The lowest BCUT2D eigenvalue weighted by molar-refractivity contribution is 0.180. The molecule has 2 aromatic rings. The van der Waals surface area contributed by atoms with Crippen LogP contribution in [0.25, 0.3) is 11.0 Å². The molecule has 1 aliphatic carbocycles. The van der Waals surface area contributed by atoms with Crippen molar-refractivity contribution < 1.29 is 0 Å². The van der Waals surface area contributed by atoms with Gasteiger partial charge in [0.05, 0.1) is 11.0 Å². The zero-order valence-corrected chi connectivity index (χ0v) is 13.9. The summed E-state index contributed by atoms with van der Waals surface area (Å²) in [6.07, 6.45) is 6.13. The Bertz CT molecular complexity index is 664. The Morgan fingerprint density at radius 3 is 2.33 bits per heavy atom. The van der Waals surface area contributed by atoms with Crippen LogP contribution in [0.3, 0.4) is 0 Å². The van der Waals surface area contributed by atoms with Gasteiger partial charge in [0.2, 0.25) is 0 Å². The molecule has 0 aliphatic heterocycles. The summed E-state index contributed by atoms with van der Waals surface area (Å²) in [5, 5.41) is 0. The first kappa shape index (κ1) is 14.8. The Kier molecular flexibility index (Phi) is 4.45. The number of rotatable bonds is 5. The number of nitrogens with one attached hydrogen (secondary N) is 2. The van der Waals surface area contributed by atoms with Crippen molar-refractivity contribution in [2.75, 3.05) is 13.1 Å². The van der Waals surface area contributed by atoms with Crippen LogP contribution >= 0.6 is 12.2 Å². The van der Waals surface area contributed by atoms with Crippen LogP contribution in [0.4, 0.5) is 0 Å². The van der Waals surface area contributed by atoms with Gasteiger partial charge in [-0.25, -0.2) is 0 Å². The summed E-state index contributed by atoms with van der Waals surface area (Å²) in [6.45, 7) is 7.01. The van der Waals surface area contributed by atoms with Gasteiger partial charge in [-0.3, -0.25) is 0 Å². The highest BCUT2D eigenvalue weighted by Gasteiger charge is 2.24. The molecule has 0 radical (unpaired) electrons. The number of H-pyrrole nitrogens is 2. The van der Waals surface area contributed by atoms with E-state index in [1.54, 1.807) is 0 Å². The molecule has 3 rings (SSSR count). The normalized spacial score (nSPS) is 18.3. The summed E-state index contributed by atoms with van der Waals surface area (Å²) < 4.78 is 0.725. The second kappa shape index (κ2) is 6.32. The summed E-state index contributed by atoms with van der Waals surface area (Å²) in [5.41, 5.74) is 5.30. The Labute approximate surface area is 131 Å². The van der Waals surface area contributed by atoms with Crippen molar-refractivity contribution in [3.05, 3.63) is 28.0 Å². The van der Waals surface area contributed by atoms with Crippen molar-refractivity contribution in [3.8, 4) is 0 Å². The van der Waals surface area contributed by atoms with E-state index < -0.39 is 0 Å². The Balaban J connectivity index is 1.86. The molecule has 1 aromatic heterocycles. The number of fused-ring (bicyclic) bond motifs is 2. The summed E-state index contributed by atoms with van der Waals surface area (Å²) in [5.74, 6) is 0. The monoisotopic (exact) mass is 303 g/mol. The van der Waals surface area contributed by atoms with Crippen molar-refractivity contribution in [3.63, 3.8) is 0 Å². The topological polar surface area (TPSA) is 34.8 Å². The van der Waals surface area contributed by atoms with E-state index in [0.717, 1.165) is 15.8 Å². The molecule has 1 aliphatic rings. The van der Waals surface area contributed by atoms with Crippen molar-refractivity contribution in [2.45, 2.75) is 52.0 Å². The summed E-state index contributed by atoms with van der Waals surface area (Å²) >= 11 is 5.20. The third-order valence-electron chi connectivity index (χ3n) is 4.58. The van der Waals surface area contributed by atoms with E-state index in [0.29, 0.717) is 6.04 Å². The van der Waals surface area contributed by atoms with E-state index in [1.807, 2.05) is 0 Å². The number of nitrogens with zero attached hydrogens (tertiary/aromatic N) is 1. The molecule has 3 nitrogen and oxygen atoms in total. The van der Waals surface area contributed by atoms with Crippen molar-refractivity contribution >= 4 is 23.3 Å². The second-order valence-electron chi connectivity index (χ2n) is 6.18. The van der Waals surface area contributed by atoms with Crippen LogP contribution in [0, 0.1) is 4.77 Å². The Morgan fingerprint density at radius 1 is 1.10 bits per heavy atom. The molecule has 0 fully saturated rings. The van der Waals surface area contributed by atoms with E-state index in [1.165, 1.54) is 56.3 Å². The predicted molar refractivity (Wildman–Crippen MR) is 91.5 cm³/mol. The summed E-state index contributed by atoms with van der Waals surface area (Å²) in [7, 11) is 0. The third kappa shape index (κ3) is 3.06. The number of hydrogen-bond acceptors (Lipinski definition) is 2. The van der Waals surface area contributed by atoms with Crippen LogP contribution in [-0.4, -0.2) is 34.0 Å². The lowest BCUT2D eigenvalue weighted by atomic mass is 9.87. The van der Waals surface area contributed by atoms with Gasteiger partial charge >= 0.3 is 0 Å². The molecule has 1 heterocycles. The molecule has 21 heavy (non-hydrogen) atoms. The van der Waals surface area contributed by atoms with Gasteiger partial charge in [0.1, 0.15) is 0 Å². The molecule has 0 saturated carbocycles. The predicted octanol–water partition coefficient (Wildman–Crippen LogP) is 4.20. The van der Waals surface area contributed by atoms with E-state index in [4.69, 9.17) is 12.2 Å². The molecule has 1 aromatic carbocycles. The van der Waals surface area contributed by atoms with Crippen molar-refractivity contribution in [1.82, 2.24) is 14.9 Å². The van der Waals surface area contributed by atoms with Gasteiger partial charge in [0.15, 0.2) is 4.77 Å². The van der Waals surface area contributed by atoms with Gasteiger partial charge in [0, 0.05) is 6.04 Å². The van der Waals surface area contributed by atoms with Crippen LogP contribution in [-0.2, 0) is 12.8 Å². The molecule has 0 saturated heterocycles. The number of aromatic amines is 2. The Morgan fingerprint density at radius 2 is 1.71 bits per heavy atom. The van der Waals surface area contributed by atoms with E-state index in [2.05, 4.69) is 40.8 Å². The molecule has 2 N–H and O–H groups in total. The third-order valence-corrected chi connectivity index (χ3v) is 4.78. The fourth-order valence-corrected chi connectivity index (χ4v) is 3.86. The standard InChI is InChI=1S/C17H25N3S/c1-3-7-20(8-4-2)14-6-5-12-10-15-16(11-13(12)9-14)19-17(21)18-15/h10-11,14H,3-9H2,1-2H3,(H2,18,19,21). The molecule has 0 spiro atoms. The maximum absolute atomic E-state index is 5.20. The zero-order chi connectivity index (χ0) is 14.8. The largest absolute Gasteiger partial charge is 0.331 e. The molecule has 1 atom stereocenters. The van der Waals surface area contributed by atoms with Crippen molar-refractivity contribution in [1.29, 1.82) is 0 Å². The van der Waals surface area contributed by atoms with Crippen LogP contribution in [0.15, 0.2) is 12.1 Å². The van der Waals surface area contributed by atoms with Gasteiger partial charge in [0.25, 0.3) is 0 Å². The maximum Gasteiger partial charge on any atom is 0.175 e. The zero-order valence-electron chi connectivity index (χ0n) is 13.0. The number of imidazole rings is 1. The summed E-state index contributed by atoms with van der Waals surface area (Å²) in [6, 6.07) is 5.30. The van der Waals surface area contributed by atoms with Gasteiger partial charge < -0.3 is 14.9 Å². The van der Waals surface area contributed by atoms with Crippen LogP contribution < -0.4 is 0 Å². The maximum atomic E-state index is 5.20. The highest BCUT2D eigenvalue weighted by Crippen LogP contribution is 2.28. The molecular formula is C17H25N3S. The average molecular weight is 303 g/mol. The van der Waals surface area contributed by atoms with E-state index in [-0.39, 0.29) is 0 Å². The SMILES string of the molecule is CCCN(CCC)C1CCc2cc3[nH]c(=S)[nH]c3cc2C1. The van der Waals surface area contributed by atoms with Gasteiger partial charge in [-0.05, 0) is 80.7 Å². The first-order chi connectivity index (χ1) is 10.2. The highest BCUT2D eigenvalue weighted by atomic mass is 32.1. The minimum absolute atomic E-state index is 0.705. The first-order valence-corrected chi connectivity index (χ1v) is 8.60. The van der Waals surface area contributed by atoms with Gasteiger partial charge in [-0.1, -0.05) is 13.8 Å². The molecule has 0 bridgehead atoms. The number of aromatic nitrogens is 2. The van der Waals surface area contributed by atoms with E-state index in [9.17, 15) is 0 Å². The fourth-order valence-electron chi connectivity index (χ4n) is 3.64. The van der Waals surface area contributed by atoms with Crippen LogP contribution in [0.2, 0.25) is 0 Å². The van der Waals surface area contributed by atoms with E-state index >= 15 is 0 Å².